The summed E-state index contributed by atoms with van der Waals surface area (Å²) >= 11 is 12.2. The first kappa shape index (κ1) is 26.9. The van der Waals surface area contributed by atoms with Crippen molar-refractivity contribution in [3.63, 3.8) is 0 Å². The van der Waals surface area contributed by atoms with E-state index in [2.05, 4.69) is 11.4 Å². The fourth-order valence-corrected chi connectivity index (χ4v) is 5.53. The number of benzene rings is 3. The minimum atomic E-state index is -0.119. The van der Waals surface area contributed by atoms with E-state index in [1.807, 2.05) is 30.3 Å². The molecule has 0 unspecified atom stereocenters. The Morgan fingerprint density at radius 3 is 2.49 bits per heavy atom. The number of nitrogens with one attached hydrogen (secondary N) is 1. The van der Waals surface area contributed by atoms with Crippen molar-refractivity contribution in [1.29, 1.82) is 0 Å². The molecule has 188 valence electrons. The summed E-state index contributed by atoms with van der Waals surface area (Å²) in [6.07, 6.45) is 7.64. The van der Waals surface area contributed by atoms with Gasteiger partial charge in [0, 0.05) is 27.7 Å². The molecule has 0 saturated heterocycles. The Bertz CT molecular complexity index is 1310. The molecule has 2 fully saturated rings. The molecule has 3 aromatic rings. The molecule has 0 aromatic heterocycles. The van der Waals surface area contributed by atoms with E-state index in [4.69, 9.17) is 32.7 Å². The molecule has 0 atom stereocenters. The van der Waals surface area contributed by atoms with Gasteiger partial charge in [0.1, 0.15) is 17.2 Å². The van der Waals surface area contributed by atoms with Gasteiger partial charge >= 0.3 is 29.6 Å². The van der Waals surface area contributed by atoms with E-state index in [1.165, 1.54) is 42.4 Å². The van der Waals surface area contributed by atoms with E-state index in [9.17, 15) is 4.79 Å². The number of ether oxygens (including phenoxy) is 2. The van der Waals surface area contributed by atoms with Crippen LogP contribution in [0.1, 0.15) is 78.0 Å². The molecular weight excluding hydrogens is 516 g/mol. The maximum atomic E-state index is 12.7. The quantitative estimate of drug-likeness (QED) is 0.407. The molecule has 0 radical (unpaired) electrons. The molecule has 1 N–H and O–H groups in total. The zero-order valence-electron chi connectivity index (χ0n) is 22.1. The SMILES string of the molecule is O=C(NCCc1ccc(Cl)cc1Cl)c1ccc(Oc2c(C3CC3)cc3c(c2C2CC2)OCCC3)cc1.[H-].[Na+]. The summed E-state index contributed by atoms with van der Waals surface area (Å²) in [5, 5.41) is 4.19. The van der Waals surface area contributed by atoms with Crippen LogP contribution in [0.5, 0.6) is 17.2 Å². The third-order valence-electron chi connectivity index (χ3n) is 7.24. The second-order valence-corrected chi connectivity index (χ2v) is 10.9. The molecule has 1 amide bonds. The number of carbonyl (C=O) groups is 1. The van der Waals surface area contributed by atoms with Crippen molar-refractivity contribution in [2.75, 3.05) is 13.2 Å². The first-order valence-corrected chi connectivity index (χ1v) is 13.6. The van der Waals surface area contributed by atoms with Crippen molar-refractivity contribution < 1.29 is 45.3 Å². The number of carbonyl (C=O) groups excluding carboxylic acids is 1. The second kappa shape index (κ2) is 11.6. The normalized spacial score (nSPS) is 16.3. The van der Waals surface area contributed by atoms with E-state index in [-0.39, 0.29) is 36.9 Å². The van der Waals surface area contributed by atoms with Crippen molar-refractivity contribution in [2.24, 2.45) is 0 Å². The summed E-state index contributed by atoms with van der Waals surface area (Å²) in [4.78, 5) is 12.7. The number of halogens is 2. The van der Waals surface area contributed by atoms with Crippen molar-refractivity contribution in [3.8, 4) is 17.2 Å². The maximum Gasteiger partial charge on any atom is 1.00 e. The average molecular weight is 546 g/mol. The largest absolute Gasteiger partial charge is 1.00 e. The minimum absolute atomic E-state index is 0. The van der Waals surface area contributed by atoms with Crippen LogP contribution in [0.3, 0.4) is 0 Å². The van der Waals surface area contributed by atoms with Crippen molar-refractivity contribution in [3.05, 3.63) is 86.4 Å². The van der Waals surface area contributed by atoms with Crippen LogP contribution in [0.15, 0.2) is 48.5 Å². The first-order chi connectivity index (χ1) is 17.6. The van der Waals surface area contributed by atoms with Crippen LogP contribution in [0.2, 0.25) is 10.0 Å². The first-order valence-electron chi connectivity index (χ1n) is 12.9. The van der Waals surface area contributed by atoms with E-state index in [1.54, 1.807) is 12.1 Å². The number of hydrogen-bond acceptors (Lipinski definition) is 3. The van der Waals surface area contributed by atoms with Crippen LogP contribution in [-0.2, 0) is 12.8 Å². The van der Waals surface area contributed by atoms with Crippen LogP contribution in [-0.4, -0.2) is 19.1 Å². The Kier molecular flexibility index (Phi) is 8.43. The van der Waals surface area contributed by atoms with E-state index >= 15 is 0 Å². The van der Waals surface area contributed by atoms with Gasteiger partial charge in [-0.1, -0.05) is 29.3 Å². The van der Waals surface area contributed by atoms with Gasteiger partial charge in [-0.25, -0.2) is 0 Å². The fourth-order valence-electron chi connectivity index (χ4n) is 5.03. The van der Waals surface area contributed by atoms with Crippen LogP contribution in [0.4, 0.5) is 0 Å². The third-order valence-corrected chi connectivity index (χ3v) is 7.83. The number of amides is 1. The Morgan fingerprint density at radius 1 is 1.03 bits per heavy atom. The summed E-state index contributed by atoms with van der Waals surface area (Å²) in [6, 6.07) is 15.2. The monoisotopic (exact) mass is 545 g/mol. The van der Waals surface area contributed by atoms with Gasteiger partial charge in [-0.2, -0.15) is 0 Å². The molecule has 2 aliphatic carbocycles. The molecule has 1 aliphatic heterocycles. The third kappa shape index (κ3) is 6.15. The van der Waals surface area contributed by atoms with Crippen LogP contribution < -0.4 is 44.3 Å². The summed E-state index contributed by atoms with van der Waals surface area (Å²) in [6.45, 7) is 1.27. The molecule has 3 aliphatic rings. The maximum absolute atomic E-state index is 12.7. The second-order valence-electron chi connectivity index (χ2n) is 10.1. The molecule has 0 bridgehead atoms. The van der Waals surface area contributed by atoms with Gasteiger partial charge in [0.25, 0.3) is 5.91 Å². The molecule has 0 spiro atoms. The summed E-state index contributed by atoms with van der Waals surface area (Å²) < 4.78 is 12.7. The molecule has 1 heterocycles. The summed E-state index contributed by atoms with van der Waals surface area (Å²) in [5.41, 5.74) is 5.52. The predicted molar refractivity (Wildman–Crippen MR) is 144 cm³/mol. The molecule has 4 nitrogen and oxygen atoms in total. The Balaban J connectivity index is 0.00000168. The number of hydrogen-bond donors (Lipinski definition) is 1. The van der Waals surface area contributed by atoms with Crippen LogP contribution in [0, 0.1) is 0 Å². The minimum Gasteiger partial charge on any atom is -1.00 e. The molecule has 3 aromatic carbocycles. The van der Waals surface area contributed by atoms with Gasteiger partial charge < -0.3 is 16.2 Å². The molecular formula is C30H30Cl2NNaO3. The zero-order valence-corrected chi connectivity index (χ0v) is 24.6. The number of rotatable bonds is 8. The van der Waals surface area contributed by atoms with Gasteiger partial charge in [-0.15, -0.1) is 0 Å². The number of aryl methyl sites for hydroxylation is 1. The topological polar surface area (TPSA) is 47.6 Å². The Hall–Kier alpha value is -1.69. The van der Waals surface area contributed by atoms with E-state index in [0.717, 1.165) is 42.3 Å². The van der Waals surface area contributed by atoms with Crippen molar-refractivity contribution in [1.82, 2.24) is 5.32 Å². The molecule has 7 heteroatoms. The molecule has 37 heavy (non-hydrogen) atoms. The van der Waals surface area contributed by atoms with Gasteiger partial charge in [-0.05, 0) is 116 Å². The van der Waals surface area contributed by atoms with E-state index < -0.39 is 0 Å². The summed E-state index contributed by atoms with van der Waals surface area (Å²) in [5.74, 6) is 3.82. The standard InChI is InChI=1S/C30H29Cl2NO3.Na.H/c31-23-10-7-19(26(32)17-23)13-14-33-30(34)21-8-11-24(12-9-21)36-29-25(18-3-4-18)16-22-2-1-15-35-28(22)27(29)20-5-6-20;;/h7-12,16-18,20H,1-6,13-15H2,(H,33,34);;/q;+1;-1. The Labute approximate surface area is 251 Å². The van der Waals surface area contributed by atoms with Gasteiger partial charge in [0.15, 0.2) is 0 Å². The molecule has 6 rings (SSSR count). The zero-order chi connectivity index (χ0) is 24.6. The number of fused-ring (bicyclic) bond motifs is 1. The van der Waals surface area contributed by atoms with Crippen LogP contribution in [0.25, 0.3) is 0 Å². The van der Waals surface area contributed by atoms with Crippen molar-refractivity contribution >= 4 is 29.1 Å². The van der Waals surface area contributed by atoms with Gasteiger partial charge in [0.05, 0.1) is 6.61 Å². The molecule has 2 saturated carbocycles. The fraction of sp³-hybridized carbons (Fsp3) is 0.367. The predicted octanol–water partition coefficient (Wildman–Crippen LogP) is 4.95. The Morgan fingerprint density at radius 2 is 1.78 bits per heavy atom. The van der Waals surface area contributed by atoms with Crippen LogP contribution >= 0.6 is 23.2 Å². The smallest absolute Gasteiger partial charge is 1.00 e. The summed E-state index contributed by atoms with van der Waals surface area (Å²) in [7, 11) is 0. The van der Waals surface area contributed by atoms with Crippen molar-refractivity contribution in [2.45, 2.75) is 56.8 Å². The average Bonchev–Trinajstić information content (AvgIpc) is 3.79. The van der Waals surface area contributed by atoms with E-state index in [0.29, 0.717) is 40.4 Å². The van der Waals surface area contributed by atoms with Gasteiger partial charge in [0.2, 0.25) is 0 Å². The van der Waals surface area contributed by atoms with Gasteiger partial charge in [-0.3, -0.25) is 4.79 Å².